The van der Waals surface area contributed by atoms with Gasteiger partial charge in [-0.25, -0.2) is 8.42 Å². The molecule has 0 aliphatic carbocycles. The number of benzene rings is 2. The summed E-state index contributed by atoms with van der Waals surface area (Å²) in [7, 11) is -3.77. The van der Waals surface area contributed by atoms with E-state index in [4.69, 9.17) is 23.1 Å². The minimum atomic E-state index is -3.77. The highest BCUT2D eigenvalue weighted by atomic mass is 35.5. The number of carbonyl (C=O) groups excluding carboxylic acids is 3. The van der Waals surface area contributed by atoms with Crippen LogP contribution in [0.3, 0.4) is 0 Å². The van der Waals surface area contributed by atoms with Crippen LogP contribution < -0.4 is 16.8 Å². The molecule has 2 fully saturated rings. The number of Topliss-reactive ketones (excluding diaryl/α,β-unsaturated/α-hetero) is 1. The number of aryl methyl sites for hydroxylation is 1. The van der Waals surface area contributed by atoms with Crippen LogP contribution in [0.2, 0.25) is 5.02 Å². The largest absolute Gasteiger partial charge is 0.340 e. The van der Waals surface area contributed by atoms with Gasteiger partial charge in [-0.05, 0) is 41.7 Å². The second-order valence-corrected chi connectivity index (χ2v) is 13.7. The van der Waals surface area contributed by atoms with E-state index in [0.717, 1.165) is 11.1 Å². The average molecular weight is 618 g/mol. The number of nitrogens with one attached hydrogen (secondary N) is 1. The molecule has 10 nitrogen and oxygen atoms in total. The second kappa shape index (κ2) is 14.6. The monoisotopic (exact) mass is 617 g/mol. The van der Waals surface area contributed by atoms with Gasteiger partial charge in [0.1, 0.15) is 0 Å². The van der Waals surface area contributed by atoms with Crippen LogP contribution in [0.1, 0.15) is 36.0 Å². The predicted molar refractivity (Wildman–Crippen MR) is 162 cm³/mol. The van der Waals surface area contributed by atoms with Crippen LogP contribution >= 0.6 is 11.6 Å². The van der Waals surface area contributed by atoms with E-state index < -0.39 is 39.5 Å². The van der Waals surface area contributed by atoms with Crippen molar-refractivity contribution in [3.8, 4) is 0 Å². The summed E-state index contributed by atoms with van der Waals surface area (Å²) < 4.78 is 26.6. The number of likely N-dealkylation sites (tertiary alicyclic amines) is 1. The van der Waals surface area contributed by atoms with Crippen molar-refractivity contribution in [3.05, 3.63) is 70.2 Å². The van der Waals surface area contributed by atoms with Crippen molar-refractivity contribution >= 4 is 39.0 Å². The number of hydrogen-bond acceptors (Lipinski definition) is 8. The number of amides is 2. The molecule has 2 aromatic rings. The smallest absolute Gasteiger partial charge is 0.227 e. The molecule has 0 aromatic heterocycles. The molecule has 228 valence electrons. The molecule has 4 rings (SSSR count). The molecule has 2 aliphatic heterocycles. The lowest BCUT2D eigenvalue weighted by Gasteiger charge is -2.31. The van der Waals surface area contributed by atoms with E-state index in [-0.39, 0.29) is 43.3 Å². The van der Waals surface area contributed by atoms with Gasteiger partial charge in [-0.2, -0.15) is 0 Å². The summed E-state index contributed by atoms with van der Waals surface area (Å²) in [4.78, 5) is 43.8. The molecule has 2 amide bonds. The predicted octanol–water partition coefficient (Wildman–Crippen LogP) is 1.28. The van der Waals surface area contributed by atoms with Crippen LogP contribution in [0, 0.1) is 5.92 Å². The van der Waals surface area contributed by atoms with Crippen LogP contribution in [0.5, 0.6) is 0 Å². The fourth-order valence-corrected chi connectivity index (χ4v) is 7.65. The Balaban J connectivity index is 1.52. The van der Waals surface area contributed by atoms with Gasteiger partial charge in [0.2, 0.25) is 11.8 Å². The highest BCUT2D eigenvalue weighted by Crippen LogP contribution is 2.26. The van der Waals surface area contributed by atoms with Crippen LogP contribution in [0.4, 0.5) is 0 Å². The van der Waals surface area contributed by atoms with Gasteiger partial charge in [-0.1, -0.05) is 48.0 Å². The molecule has 2 aliphatic rings. The third-order valence-electron chi connectivity index (χ3n) is 7.94. The minimum Gasteiger partial charge on any atom is -0.340 e. The van der Waals surface area contributed by atoms with Gasteiger partial charge in [-0.3, -0.25) is 14.4 Å². The summed E-state index contributed by atoms with van der Waals surface area (Å²) in [5.41, 5.74) is 14.4. The van der Waals surface area contributed by atoms with Gasteiger partial charge in [0, 0.05) is 63.2 Å². The number of carbonyl (C=O) groups is 3. The summed E-state index contributed by atoms with van der Waals surface area (Å²) >= 11 is 6.16. The second-order valence-electron chi connectivity index (χ2n) is 11.2. The van der Waals surface area contributed by atoms with E-state index >= 15 is 0 Å². The number of ketones is 1. The van der Waals surface area contributed by atoms with Gasteiger partial charge >= 0.3 is 0 Å². The van der Waals surface area contributed by atoms with Crippen molar-refractivity contribution in [2.45, 2.75) is 50.1 Å². The summed E-state index contributed by atoms with van der Waals surface area (Å²) in [5.74, 6) is -2.83. The third-order valence-corrected chi connectivity index (χ3v) is 9.86. The lowest BCUT2D eigenvalue weighted by atomic mass is 9.97. The topological polar surface area (TPSA) is 156 Å². The zero-order valence-electron chi connectivity index (χ0n) is 23.7. The molecular formula is C30H40ClN5O5S. The molecule has 0 saturated carbocycles. The number of nitrogens with zero attached hydrogens (tertiary/aromatic N) is 2. The highest BCUT2D eigenvalue weighted by Gasteiger charge is 2.42. The highest BCUT2D eigenvalue weighted by molar-refractivity contribution is 7.90. The molecule has 2 saturated heterocycles. The Morgan fingerprint density at radius 1 is 1.05 bits per heavy atom. The molecule has 2 heterocycles. The van der Waals surface area contributed by atoms with E-state index in [1.54, 1.807) is 47.4 Å². The van der Waals surface area contributed by atoms with E-state index in [2.05, 4.69) is 5.32 Å². The van der Waals surface area contributed by atoms with E-state index in [0.29, 0.717) is 49.7 Å². The first kappa shape index (κ1) is 32.1. The van der Waals surface area contributed by atoms with Gasteiger partial charge < -0.3 is 26.6 Å². The molecular weight excluding hydrogens is 578 g/mol. The SMILES string of the molecule is NCc1ccc(Cl)cc1CCC(=O)[C@@H]1C[C@@H](N)CN1C(=O)[C@@H](CC(=O)N1CCNCC1)CS(=O)(=O)Cc1ccccc1. The zero-order valence-corrected chi connectivity index (χ0v) is 25.3. The first-order chi connectivity index (χ1) is 20.1. The first-order valence-corrected chi connectivity index (χ1v) is 16.5. The first-order valence-electron chi connectivity index (χ1n) is 14.3. The Morgan fingerprint density at radius 2 is 1.76 bits per heavy atom. The van der Waals surface area contributed by atoms with E-state index in [9.17, 15) is 22.8 Å². The van der Waals surface area contributed by atoms with Crippen molar-refractivity contribution in [2.24, 2.45) is 17.4 Å². The summed E-state index contributed by atoms with van der Waals surface area (Å²) in [6, 6.07) is 12.9. The number of piperazine rings is 1. The Bertz CT molecular complexity index is 1370. The molecule has 0 unspecified atom stereocenters. The maximum absolute atomic E-state index is 14.0. The molecule has 2 aromatic carbocycles. The lowest BCUT2D eigenvalue weighted by Crippen LogP contribution is -2.49. The Kier molecular flexibility index (Phi) is 11.1. The normalized spacial score (nSPS) is 20.0. The fraction of sp³-hybridized carbons (Fsp3) is 0.500. The minimum absolute atomic E-state index is 0.123. The van der Waals surface area contributed by atoms with Crippen LogP contribution in [0.15, 0.2) is 48.5 Å². The summed E-state index contributed by atoms with van der Waals surface area (Å²) in [6.07, 6.45) is 0.572. The number of hydrogen-bond donors (Lipinski definition) is 3. The average Bonchev–Trinajstić information content (AvgIpc) is 3.37. The van der Waals surface area contributed by atoms with Crippen LogP contribution in [-0.4, -0.2) is 86.4 Å². The van der Waals surface area contributed by atoms with Gasteiger partial charge in [0.15, 0.2) is 15.6 Å². The molecule has 12 heteroatoms. The number of sulfone groups is 1. The van der Waals surface area contributed by atoms with E-state index in [1.165, 1.54) is 4.90 Å². The van der Waals surface area contributed by atoms with Crippen molar-refractivity contribution in [1.82, 2.24) is 15.1 Å². The fourth-order valence-electron chi connectivity index (χ4n) is 5.77. The quantitative estimate of drug-likeness (QED) is 0.322. The molecule has 0 spiro atoms. The van der Waals surface area contributed by atoms with Crippen molar-refractivity contribution in [1.29, 1.82) is 0 Å². The summed E-state index contributed by atoms with van der Waals surface area (Å²) in [6.45, 7) is 2.66. The maximum atomic E-state index is 14.0. The van der Waals surface area contributed by atoms with Gasteiger partial charge in [-0.15, -0.1) is 0 Å². The number of rotatable bonds is 12. The lowest BCUT2D eigenvalue weighted by molar-refractivity contribution is -0.143. The van der Waals surface area contributed by atoms with E-state index in [1.807, 2.05) is 6.07 Å². The molecule has 3 atom stereocenters. The zero-order chi connectivity index (χ0) is 30.3. The maximum Gasteiger partial charge on any atom is 0.227 e. The third kappa shape index (κ3) is 8.61. The molecule has 42 heavy (non-hydrogen) atoms. The van der Waals surface area contributed by atoms with Gasteiger partial charge in [0.05, 0.1) is 23.5 Å². The number of nitrogens with two attached hydrogens (primary N) is 2. The number of halogens is 1. The molecule has 0 radical (unpaired) electrons. The standard InChI is InChI=1S/C30H40ClN5O5S/c31-25-8-6-23(17-32)22(14-25)7-9-28(37)27-16-26(33)18-36(27)30(39)24(15-29(38)35-12-10-34-11-13-35)20-42(40,41)19-21-4-2-1-3-5-21/h1-6,8,14,24,26-27,34H,7,9-13,15-20,32-33H2/t24-,26+,27-/m0/s1. The van der Waals surface area contributed by atoms with Crippen molar-refractivity contribution in [3.63, 3.8) is 0 Å². The Hall–Kier alpha value is -2.83. The Morgan fingerprint density at radius 3 is 2.45 bits per heavy atom. The Labute approximate surface area is 252 Å². The van der Waals surface area contributed by atoms with Crippen LogP contribution in [-0.2, 0) is 42.9 Å². The van der Waals surface area contributed by atoms with Crippen molar-refractivity contribution in [2.75, 3.05) is 38.5 Å². The molecule has 0 bridgehead atoms. The van der Waals surface area contributed by atoms with Crippen molar-refractivity contribution < 1.29 is 22.8 Å². The molecule has 5 N–H and O–H groups in total. The summed E-state index contributed by atoms with van der Waals surface area (Å²) in [5, 5.41) is 3.73. The van der Waals surface area contributed by atoms with Crippen LogP contribution in [0.25, 0.3) is 0 Å². The van der Waals surface area contributed by atoms with Gasteiger partial charge in [0.25, 0.3) is 0 Å².